The molecule has 172 valence electrons. The van der Waals surface area contributed by atoms with Crippen LogP contribution in [0.2, 0.25) is 0 Å². The fraction of sp³-hybridized carbons (Fsp3) is 0.107. The molecule has 35 heavy (non-hydrogen) atoms. The summed E-state index contributed by atoms with van der Waals surface area (Å²) in [5, 5.41) is 0. The van der Waals surface area contributed by atoms with E-state index in [-0.39, 0.29) is 23.7 Å². The second-order valence-corrected chi connectivity index (χ2v) is 8.38. The number of carbonyl (C=O) groups is 3. The van der Waals surface area contributed by atoms with Crippen LogP contribution >= 0.6 is 0 Å². The zero-order valence-corrected chi connectivity index (χ0v) is 18.6. The molecule has 2 aliphatic rings. The fourth-order valence-electron chi connectivity index (χ4n) is 4.42. The van der Waals surface area contributed by atoms with Crippen molar-refractivity contribution in [1.29, 1.82) is 0 Å². The summed E-state index contributed by atoms with van der Waals surface area (Å²) < 4.78 is 22.9. The molecule has 1 atom stereocenters. The first kappa shape index (κ1) is 20.9. The summed E-state index contributed by atoms with van der Waals surface area (Å²) in [6.07, 6.45) is 3.08. The van der Waals surface area contributed by atoms with Crippen LogP contribution in [0.3, 0.4) is 0 Å². The minimum Gasteiger partial charge on any atom is -0.465 e. The quantitative estimate of drug-likeness (QED) is 0.162. The number of esters is 1. The SMILES string of the molecule is CC(=O)c1ccc(-c2ccc([C@H]3CC(=O)Oc4ccc5c(c43)O/C(=C\c3ccco3)C5=O)o2)cc1. The highest BCUT2D eigenvalue weighted by Crippen LogP contribution is 2.49. The predicted molar refractivity (Wildman–Crippen MR) is 124 cm³/mol. The van der Waals surface area contributed by atoms with Gasteiger partial charge in [-0.3, -0.25) is 14.4 Å². The van der Waals surface area contributed by atoms with E-state index >= 15 is 0 Å². The van der Waals surface area contributed by atoms with E-state index in [0.717, 1.165) is 5.56 Å². The number of hydrogen-bond donors (Lipinski definition) is 0. The number of ketones is 2. The lowest BCUT2D eigenvalue weighted by Gasteiger charge is -2.24. The molecule has 6 rings (SSSR count). The summed E-state index contributed by atoms with van der Waals surface area (Å²) in [4.78, 5) is 37.0. The molecule has 2 aromatic heterocycles. The van der Waals surface area contributed by atoms with Crippen LogP contribution in [0.4, 0.5) is 0 Å². The van der Waals surface area contributed by atoms with Crippen LogP contribution in [0.1, 0.15) is 57.1 Å². The van der Waals surface area contributed by atoms with Crippen LogP contribution in [-0.2, 0) is 4.79 Å². The molecule has 0 unspecified atom stereocenters. The lowest BCUT2D eigenvalue weighted by molar-refractivity contribution is -0.135. The number of ether oxygens (including phenoxy) is 2. The molecule has 4 heterocycles. The van der Waals surface area contributed by atoms with E-state index in [1.807, 2.05) is 18.2 Å². The van der Waals surface area contributed by atoms with Gasteiger partial charge in [0.25, 0.3) is 0 Å². The molecule has 2 aromatic carbocycles. The first-order chi connectivity index (χ1) is 17.0. The molecule has 7 heteroatoms. The smallest absolute Gasteiger partial charge is 0.312 e. The first-order valence-corrected chi connectivity index (χ1v) is 11.0. The van der Waals surface area contributed by atoms with Gasteiger partial charge < -0.3 is 18.3 Å². The first-order valence-electron chi connectivity index (χ1n) is 11.0. The van der Waals surface area contributed by atoms with Gasteiger partial charge in [-0.05, 0) is 43.3 Å². The highest BCUT2D eigenvalue weighted by molar-refractivity contribution is 6.15. The molecule has 0 N–H and O–H groups in total. The number of Topliss-reactive ketones (excluding diaryl/α,β-unsaturated/α-hetero) is 2. The van der Waals surface area contributed by atoms with Crippen molar-refractivity contribution < 1.29 is 32.7 Å². The van der Waals surface area contributed by atoms with Crippen LogP contribution in [-0.4, -0.2) is 17.5 Å². The normalized spacial score (nSPS) is 17.6. The van der Waals surface area contributed by atoms with Gasteiger partial charge in [0, 0.05) is 22.8 Å². The Hall–Kier alpha value is -4.65. The van der Waals surface area contributed by atoms with E-state index in [1.165, 1.54) is 19.3 Å². The molecule has 0 saturated heterocycles. The van der Waals surface area contributed by atoms with Gasteiger partial charge in [0.05, 0.1) is 24.2 Å². The van der Waals surface area contributed by atoms with E-state index < -0.39 is 11.9 Å². The number of furan rings is 2. The van der Waals surface area contributed by atoms with Crippen molar-refractivity contribution in [2.24, 2.45) is 0 Å². The van der Waals surface area contributed by atoms with Gasteiger partial charge in [-0.25, -0.2) is 0 Å². The maximum Gasteiger partial charge on any atom is 0.312 e. The van der Waals surface area contributed by atoms with Crippen LogP contribution in [0, 0.1) is 0 Å². The summed E-state index contributed by atoms with van der Waals surface area (Å²) >= 11 is 0. The van der Waals surface area contributed by atoms with Crippen molar-refractivity contribution in [3.63, 3.8) is 0 Å². The van der Waals surface area contributed by atoms with E-state index in [0.29, 0.717) is 45.5 Å². The Labute approximate surface area is 199 Å². The van der Waals surface area contributed by atoms with Crippen LogP contribution < -0.4 is 9.47 Å². The number of allylic oxidation sites excluding steroid dienone is 1. The maximum atomic E-state index is 13.0. The van der Waals surface area contributed by atoms with Crippen LogP contribution in [0.15, 0.2) is 81.5 Å². The summed E-state index contributed by atoms with van der Waals surface area (Å²) in [5.41, 5.74) is 2.38. The van der Waals surface area contributed by atoms with Crippen molar-refractivity contribution in [3.05, 3.63) is 101 Å². The second kappa shape index (κ2) is 7.99. The highest BCUT2D eigenvalue weighted by Gasteiger charge is 2.39. The van der Waals surface area contributed by atoms with Gasteiger partial charge in [-0.15, -0.1) is 0 Å². The Balaban J connectivity index is 1.39. The molecule has 0 aliphatic carbocycles. The average Bonchev–Trinajstić information content (AvgIpc) is 3.60. The lowest BCUT2D eigenvalue weighted by atomic mass is 9.88. The number of carbonyl (C=O) groups excluding carboxylic acids is 3. The molecule has 0 fully saturated rings. The van der Waals surface area contributed by atoms with Crippen molar-refractivity contribution in [2.75, 3.05) is 0 Å². The molecule has 0 spiro atoms. The summed E-state index contributed by atoms with van der Waals surface area (Å²) in [7, 11) is 0. The number of benzene rings is 2. The molecule has 0 amide bonds. The van der Waals surface area contributed by atoms with Crippen molar-refractivity contribution in [2.45, 2.75) is 19.3 Å². The molecule has 0 radical (unpaired) electrons. The fourth-order valence-corrected chi connectivity index (χ4v) is 4.42. The van der Waals surface area contributed by atoms with Crippen LogP contribution in [0.5, 0.6) is 11.5 Å². The summed E-state index contributed by atoms with van der Waals surface area (Å²) in [6, 6.07) is 17.4. The molecule has 0 bridgehead atoms. The van der Waals surface area contributed by atoms with E-state index in [4.69, 9.17) is 18.3 Å². The third-order valence-electron chi connectivity index (χ3n) is 6.14. The predicted octanol–water partition coefficient (Wildman–Crippen LogP) is 5.80. The minimum absolute atomic E-state index is 0.0159. The molecule has 0 saturated carbocycles. The minimum atomic E-state index is -0.498. The molecule has 7 nitrogen and oxygen atoms in total. The van der Waals surface area contributed by atoms with E-state index in [9.17, 15) is 14.4 Å². The van der Waals surface area contributed by atoms with Crippen molar-refractivity contribution >= 4 is 23.6 Å². The number of fused-ring (bicyclic) bond motifs is 3. The zero-order chi connectivity index (χ0) is 24.1. The van der Waals surface area contributed by atoms with E-state index in [1.54, 1.807) is 42.5 Å². The average molecular weight is 466 g/mol. The van der Waals surface area contributed by atoms with Crippen LogP contribution in [0.25, 0.3) is 17.4 Å². The Morgan fingerprint density at radius 1 is 0.971 bits per heavy atom. The molecular formula is C28H18O7. The highest BCUT2D eigenvalue weighted by atomic mass is 16.5. The van der Waals surface area contributed by atoms with Gasteiger partial charge >= 0.3 is 5.97 Å². The van der Waals surface area contributed by atoms with Gasteiger partial charge in [-0.2, -0.15) is 0 Å². The number of hydrogen-bond acceptors (Lipinski definition) is 7. The van der Waals surface area contributed by atoms with Crippen molar-refractivity contribution in [3.8, 4) is 22.8 Å². The van der Waals surface area contributed by atoms with Gasteiger partial charge in [-0.1, -0.05) is 24.3 Å². The Morgan fingerprint density at radius 2 is 1.80 bits per heavy atom. The Morgan fingerprint density at radius 3 is 2.54 bits per heavy atom. The van der Waals surface area contributed by atoms with Gasteiger partial charge in [0.2, 0.25) is 5.78 Å². The topological polar surface area (TPSA) is 96.0 Å². The maximum absolute atomic E-state index is 13.0. The van der Waals surface area contributed by atoms with Crippen molar-refractivity contribution in [1.82, 2.24) is 0 Å². The monoisotopic (exact) mass is 466 g/mol. The standard InChI is InChI=1S/C28H18O7/c1-15(29)16-4-6-17(7-5-16)21-10-11-22(33-21)20-14-25(30)34-23-9-8-19-27(31)24(35-28(19)26(20)23)13-18-3-2-12-32-18/h2-13,20H,14H2,1H3/b24-13-/t20-/m1/s1. The third-order valence-corrected chi connectivity index (χ3v) is 6.14. The molecule has 2 aliphatic heterocycles. The largest absolute Gasteiger partial charge is 0.465 e. The van der Waals surface area contributed by atoms with Gasteiger partial charge in [0.1, 0.15) is 28.8 Å². The van der Waals surface area contributed by atoms with E-state index in [2.05, 4.69) is 0 Å². The second-order valence-electron chi connectivity index (χ2n) is 8.38. The Bertz CT molecular complexity index is 1520. The lowest BCUT2D eigenvalue weighted by Crippen LogP contribution is -2.21. The number of rotatable bonds is 4. The van der Waals surface area contributed by atoms with Gasteiger partial charge in [0.15, 0.2) is 11.5 Å². The zero-order valence-electron chi connectivity index (χ0n) is 18.6. The summed E-state index contributed by atoms with van der Waals surface area (Å²) in [5.74, 6) is 1.25. The molecule has 4 aromatic rings. The molecular weight excluding hydrogens is 448 g/mol. The summed E-state index contributed by atoms with van der Waals surface area (Å²) in [6.45, 7) is 1.51. The Kier molecular flexibility index (Phi) is 4.77. The third kappa shape index (κ3) is 3.58.